The van der Waals surface area contributed by atoms with Gasteiger partial charge in [0.2, 0.25) is 0 Å². The van der Waals surface area contributed by atoms with Gasteiger partial charge in [-0.3, -0.25) is 0 Å². The summed E-state index contributed by atoms with van der Waals surface area (Å²) in [4.78, 5) is 12.4. The summed E-state index contributed by atoms with van der Waals surface area (Å²) in [5.41, 5.74) is 6.29. The summed E-state index contributed by atoms with van der Waals surface area (Å²) in [6, 6.07) is 27.8. The molecule has 0 aliphatic rings. The maximum atomic E-state index is 12.4. The van der Waals surface area contributed by atoms with Crippen molar-refractivity contribution in [1.29, 1.82) is 0 Å². The first-order valence-electron chi connectivity index (χ1n) is 10.8. The van der Waals surface area contributed by atoms with Crippen LogP contribution in [-0.4, -0.2) is 29.5 Å². The molecule has 33 heavy (non-hydrogen) atoms. The highest BCUT2D eigenvalue weighted by atomic mass is 16.5. The summed E-state index contributed by atoms with van der Waals surface area (Å²) in [6.45, 7) is 4.17. The molecule has 0 atom stereocenters. The number of methoxy groups -OCH3 is 1. The summed E-state index contributed by atoms with van der Waals surface area (Å²) in [7, 11) is 1.64. The highest BCUT2D eigenvalue weighted by molar-refractivity contribution is 5.96. The van der Waals surface area contributed by atoms with Crippen molar-refractivity contribution < 1.29 is 14.3 Å². The molecule has 0 aliphatic heterocycles. The normalized spacial score (nSPS) is 11.3. The van der Waals surface area contributed by atoms with E-state index in [0.717, 1.165) is 28.3 Å². The van der Waals surface area contributed by atoms with E-state index in [-0.39, 0.29) is 0 Å². The molecule has 4 rings (SSSR count). The Morgan fingerprint density at radius 1 is 0.970 bits per heavy atom. The van der Waals surface area contributed by atoms with Crippen molar-refractivity contribution in [2.45, 2.75) is 13.8 Å². The molecule has 0 saturated carbocycles. The third kappa shape index (κ3) is 5.04. The van der Waals surface area contributed by atoms with Gasteiger partial charge in [-0.1, -0.05) is 60.2 Å². The molecule has 5 nitrogen and oxygen atoms in total. The molecular weight excluding hydrogens is 412 g/mol. The highest BCUT2D eigenvalue weighted by Crippen LogP contribution is 2.30. The van der Waals surface area contributed by atoms with E-state index in [9.17, 15) is 4.79 Å². The van der Waals surface area contributed by atoms with E-state index in [1.165, 1.54) is 11.6 Å². The first kappa shape index (κ1) is 22.1. The summed E-state index contributed by atoms with van der Waals surface area (Å²) in [5, 5.41) is 4.92. The van der Waals surface area contributed by atoms with Gasteiger partial charge < -0.3 is 9.47 Å². The lowest BCUT2D eigenvalue weighted by atomic mass is 10.0. The van der Waals surface area contributed by atoms with E-state index in [2.05, 4.69) is 31.2 Å². The number of ether oxygens (including phenoxy) is 2. The summed E-state index contributed by atoms with van der Waals surface area (Å²) < 4.78 is 12.4. The van der Waals surface area contributed by atoms with E-state index < -0.39 is 5.97 Å². The number of aryl methyl sites for hydroxylation is 1. The molecule has 1 aromatic heterocycles. The summed E-state index contributed by atoms with van der Waals surface area (Å²) >= 11 is 0. The fraction of sp³-hybridized carbons (Fsp3) is 0.143. The molecule has 0 amide bonds. The third-order valence-electron chi connectivity index (χ3n) is 5.28. The minimum Gasteiger partial charge on any atom is -0.497 e. The zero-order valence-corrected chi connectivity index (χ0v) is 19.0. The van der Waals surface area contributed by atoms with Crippen LogP contribution < -0.4 is 4.74 Å². The van der Waals surface area contributed by atoms with Crippen LogP contribution in [0.25, 0.3) is 22.5 Å². The first-order chi connectivity index (χ1) is 16.1. The molecule has 0 N–H and O–H groups in total. The largest absolute Gasteiger partial charge is 0.497 e. The van der Waals surface area contributed by atoms with Crippen LogP contribution in [0.4, 0.5) is 0 Å². The molecule has 0 saturated heterocycles. The lowest BCUT2D eigenvalue weighted by Gasteiger charge is -2.09. The van der Waals surface area contributed by atoms with Crippen molar-refractivity contribution in [3.63, 3.8) is 0 Å². The molecule has 0 fully saturated rings. The van der Waals surface area contributed by atoms with Gasteiger partial charge in [-0.2, -0.15) is 5.10 Å². The van der Waals surface area contributed by atoms with Crippen LogP contribution in [0.2, 0.25) is 0 Å². The van der Waals surface area contributed by atoms with Crippen molar-refractivity contribution in [1.82, 2.24) is 9.78 Å². The Morgan fingerprint density at radius 3 is 2.30 bits per heavy atom. The zero-order chi connectivity index (χ0) is 23.2. The van der Waals surface area contributed by atoms with Crippen LogP contribution in [0.3, 0.4) is 0 Å². The van der Waals surface area contributed by atoms with Crippen molar-refractivity contribution in [3.05, 3.63) is 108 Å². The number of hydrogen-bond acceptors (Lipinski definition) is 4. The molecule has 0 aliphatic carbocycles. The highest BCUT2D eigenvalue weighted by Gasteiger charge is 2.17. The average molecular weight is 439 g/mol. The molecular formula is C28H26N2O3. The van der Waals surface area contributed by atoms with Crippen LogP contribution in [0, 0.1) is 6.92 Å². The van der Waals surface area contributed by atoms with Crippen LogP contribution in [0.15, 0.2) is 91.0 Å². The Balaban J connectivity index is 1.89. The van der Waals surface area contributed by atoms with Gasteiger partial charge in [-0.15, -0.1) is 0 Å². The van der Waals surface area contributed by atoms with Gasteiger partial charge in [-0.05, 0) is 49.7 Å². The number of nitrogens with zero attached hydrogens (tertiary/aromatic N) is 2. The van der Waals surface area contributed by atoms with Gasteiger partial charge in [0.1, 0.15) is 5.75 Å². The maximum absolute atomic E-state index is 12.4. The predicted octanol–water partition coefficient (Wildman–Crippen LogP) is 5.85. The third-order valence-corrected chi connectivity index (χ3v) is 5.28. The Hall–Kier alpha value is -4.12. The fourth-order valence-electron chi connectivity index (χ4n) is 3.59. The second kappa shape index (κ2) is 10.0. The minimum atomic E-state index is -0.396. The number of hydrogen-bond donors (Lipinski definition) is 0. The number of carbonyl (C=O) groups is 1. The fourth-order valence-corrected chi connectivity index (χ4v) is 3.59. The smallest absolute Gasteiger partial charge is 0.331 e. The van der Waals surface area contributed by atoms with E-state index in [4.69, 9.17) is 14.6 Å². The number of aromatic nitrogens is 2. The van der Waals surface area contributed by atoms with Gasteiger partial charge in [0.25, 0.3) is 0 Å². The summed E-state index contributed by atoms with van der Waals surface area (Å²) in [5.74, 6) is 0.377. The molecule has 0 unspecified atom stereocenters. The molecule has 1 heterocycles. The van der Waals surface area contributed by atoms with Crippen LogP contribution in [0.1, 0.15) is 23.7 Å². The van der Waals surface area contributed by atoms with Crippen LogP contribution in [-0.2, 0) is 9.53 Å². The van der Waals surface area contributed by atoms with Gasteiger partial charge in [0.15, 0.2) is 0 Å². The van der Waals surface area contributed by atoms with Gasteiger partial charge >= 0.3 is 5.97 Å². The quantitative estimate of drug-likeness (QED) is 0.268. The Bertz CT molecular complexity index is 1260. The molecule has 166 valence electrons. The molecule has 0 bridgehead atoms. The number of carbonyl (C=O) groups excluding carboxylic acids is 1. The lowest BCUT2D eigenvalue weighted by molar-refractivity contribution is -0.137. The van der Waals surface area contributed by atoms with E-state index in [1.807, 2.05) is 65.3 Å². The van der Waals surface area contributed by atoms with Crippen molar-refractivity contribution >= 4 is 11.5 Å². The van der Waals surface area contributed by atoms with Gasteiger partial charge in [0.05, 0.1) is 30.8 Å². The first-order valence-corrected chi connectivity index (χ1v) is 10.8. The topological polar surface area (TPSA) is 53.4 Å². The molecule has 0 radical (unpaired) electrons. The van der Waals surface area contributed by atoms with Crippen molar-refractivity contribution in [3.8, 4) is 22.7 Å². The second-order valence-corrected chi connectivity index (χ2v) is 7.57. The predicted molar refractivity (Wildman–Crippen MR) is 130 cm³/mol. The standard InChI is InChI=1S/C28H26N2O3/c1-4-33-28(31)18-25(21-8-6-5-7-9-21)26-19-27(22-12-10-20(2)11-13-22)30(29-26)23-14-16-24(32-3)17-15-23/h5-19H,4H2,1-3H3/b25-18-. The van der Waals surface area contributed by atoms with E-state index in [0.29, 0.717) is 17.9 Å². The maximum Gasteiger partial charge on any atom is 0.331 e. The number of rotatable bonds is 7. The molecule has 0 spiro atoms. The molecule has 3 aromatic carbocycles. The number of benzene rings is 3. The minimum absolute atomic E-state index is 0.312. The van der Waals surface area contributed by atoms with E-state index in [1.54, 1.807) is 14.0 Å². The Morgan fingerprint density at radius 2 is 1.67 bits per heavy atom. The SMILES string of the molecule is CCOC(=O)/C=C(/c1ccccc1)c1cc(-c2ccc(C)cc2)n(-c2ccc(OC)cc2)n1. The number of esters is 1. The lowest BCUT2D eigenvalue weighted by Crippen LogP contribution is -2.03. The van der Waals surface area contributed by atoms with E-state index >= 15 is 0 Å². The Labute approximate surface area is 193 Å². The summed E-state index contributed by atoms with van der Waals surface area (Å²) in [6.07, 6.45) is 1.51. The van der Waals surface area contributed by atoms with Gasteiger partial charge in [0, 0.05) is 17.2 Å². The average Bonchev–Trinajstić information content (AvgIpc) is 3.29. The molecule has 5 heteroatoms. The molecule has 4 aromatic rings. The van der Waals surface area contributed by atoms with Crippen molar-refractivity contribution in [2.24, 2.45) is 0 Å². The Kier molecular flexibility index (Phi) is 6.69. The van der Waals surface area contributed by atoms with Gasteiger partial charge in [-0.25, -0.2) is 9.48 Å². The van der Waals surface area contributed by atoms with Crippen LogP contribution >= 0.6 is 0 Å². The second-order valence-electron chi connectivity index (χ2n) is 7.57. The van der Waals surface area contributed by atoms with Crippen molar-refractivity contribution in [2.75, 3.05) is 13.7 Å². The monoisotopic (exact) mass is 438 g/mol. The zero-order valence-electron chi connectivity index (χ0n) is 19.0. The van der Waals surface area contributed by atoms with Crippen LogP contribution in [0.5, 0.6) is 5.75 Å².